The molecule has 0 bridgehead atoms. The molecule has 1 aliphatic heterocycles. The van der Waals surface area contributed by atoms with Crippen LogP contribution in [0.3, 0.4) is 0 Å². The Hall–Kier alpha value is -1.38. The van der Waals surface area contributed by atoms with E-state index in [1.807, 2.05) is 4.90 Å². The van der Waals surface area contributed by atoms with Crippen LogP contribution in [0.4, 0.5) is 4.39 Å². The van der Waals surface area contributed by atoms with Gasteiger partial charge in [0, 0.05) is 18.7 Å². The predicted molar refractivity (Wildman–Crippen MR) is 70.0 cm³/mol. The van der Waals surface area contributed by atoms with Crippen molar-refractivity contribution in [3.63, 3.8) is 0 Å². The molecule has 0 spiro atoms. The average molecular weight is 249 g/mol. The standard InChI is InChI=1S/C15H20FNO/c1-10(2)13-6-7-17(9-13)15(18)12-4-5-14(16)11(3)8-12/h4-5,8,10,13H,6-7,9H2,1-3H3. The number of carbonyl (C=O) groups is 1. The first-order valence-electron chi connectivity index (χ1n) is 6.54. The largest absolute Gasteiger partial charge is 0.338 e. The van der Waals surface area contributed by atoms with E-state index in [2.05, 4.69) is 13.8 Å². The highest BCUT2D eigenvalue weighted by Gasteiger charge is 2.28. The first-order valence-corrected chi connectivity index (χ1v) is 6.54. The van der Waals surface area contributed by atoms with Crippen LogP contribution in [0.1, 0.15) is 36.2 Å². The van der Waals surface area contributed by atoms with E-state index in [0.717, 1.165) is 19.5 Å². The molecule has 1 saturated heterocycles. The summed E-state index contributed by atoms with van der Waals surface area (Å²) in [6.45, 7) is 7.72. The number of benzene rings is 1. The Bertz CT molecular complexity index is 456. The van der Waals surface area contributed by atoms with Crippen molar-refractivity contribution in [2.45, 2.75) is 27.2 Å². The van der Waals surface area contributed by atoms with Gasteiger partial charge in [-0.2, -0.15) is 0 Å². The maximum Gasteiger partial charge on any atom is 0.253 e. The Labute approximate surface area is 108 Å². The quantitative estimate of drug-likeness (QED) is 0.788. The summed E-state index contributed by atoms with van der Waals surface area (Å²) in [6.07, 6.45) is 1.07. The van der Waals surface area contributed by atoms with Gasteiger partial charge in [-0.1, -0.05) is 13.8 Å². The predicted octanol–water partition coefficient (Wildman–Crippen LogP) is 3.25. The second-order valence-electron chi connectivity index (χ2n) is 5.51. The van der Waals surface area contributed by atoms with Crippen molar-refractivity contribution >= 4 is 5.91 Å². The second-order valence-corrected chi connectivity index (χ2v) is 5.51. The molecule has 1 aliphatic rings. The molecule has 2 rings (SSSR count). The fourth-order valence-corrected chi connectivity index (χ4v) is 2.48. The monoisotopic (exact) mass is 249 g/mol. The SMILES string of the molecule is Cc1cc(C(=O)N2CCC(C(C)C)C2)ccc1F. The molecule has 0 N–H and O–H groups in total. The highest BCUT2D eigenvalue weighted by atomic mass is 19.1. The van der Waals surface area contributed by atoms with Crippen molar-refractivity contribution in [2.24, 2.45) is 11.8 Å². The fraction of sp³-hybridized carbons (Fsp3) is 0.533. The third kappa shape index (κ3) is 2.55. The minimum atomic E-state index is -0.256. The minimum absolute atomic E-state index is 0.0289. The Morgan fingerprint density at radius 3 is 2.72 bits per heavy atom. The summed E-state index contributed by atoms with van der Waals surface area (Å²) >= 11 is 0. The number of carbonyl (C=O) groups excluding carboxylic acids is 1. The van der Waals surface area contributed by atoms with E-state index in [9.17, 15) is 9.18 Å². The highest BCUT2D eigenvalue weighted by Crippen LogP contribution is 2.25. The van der Waals surface area contributed by atoms with Crippen molar-refractivity contribution in [3.05, 3.63) is 35.1 Å². The number of hydrogen-bond acceptors (Lipinski definition) is 1. The first-order chi connectivity index (χ1) is 8.49. The molecule has 98 valence electrons. The molecule has 0 saturated carbocycles. The van der Waals surface area contributed by atoms with Gasteiger partial charge in [-0.05, 0) is 48.9 Å². The van der Waals surface area contributed by atoms with Gasteiger partial charge in [-0.3, -0.25) is 4.79 Å². The van der Waals surface area contributed by atoms with Crippen molar-refractivity contribution < 1.29 is 9.18 Å². The van der Waals surface area contributed by atoms with E-state index in [1.165, 1.54) is 6.07 Å². The van der Waals surface area contributed by atoms with E-state index >= 15 is 0 Å². The summed E-state index contributed by atoms with van der Waals surface area (Å²) < 4.78 is 13.2. The van der Waals surface area contributed by atoms with Crippen LogP contribution < -0.4 is 0 Å². The van der Waals surface area contributed by atoms with Gasteiger partial charge in [-0.15, -0.1) is 0 Å². The van der Waals surface area contributed by atoms with Crippen molar-refractivity contribution in [1.82, 2.24) is 4.90 Å². The molecule has 1 heterocycles. The summed E-state index contributed by atoms with van der Waals surface area (Å²) in [5, 5.41) is 0. The van der Waals surface area contributed by atoms with Gasteiger partial charge in [0.05, 0.1) is 0 Å². The summed E-state index contributed by atoms with van der Waals surface area (Å²) in [6, 6.07) is 4.59. The second kappa shape index (κ2) is 5.09. The van der Waals surface area contributed by atoms with E-state index in [0.29, 0.717) is 23.0 Å². The molecular weight excluding hydrogens is 229 g/mol. The Balaban J connectivity index is 2.10. The number of halogens is 1. The van der Waals surface area contributed by atoms with Gasteiger partial charge in [-0.25, -0.2) is 4.39 Å². The summed E-state index contributed by atoms with van der Waals surface area (Å²) in [5.41, 5.74) is 1.12. The first kappa shape index (κ1) is 13.1. The smallest absolute Gasteiger partial charge is 0.253 e. The van der Waals surface area contributed by atoms with Crippen LogP contribution in [0.2, 0.25) is 0 Å². The van der Waals surface area contributed by atoms with Gasteiger partial charge in [0.2, 0.25) is 0 Å². The van der Waals surface area contributed by atoms with Crippen LogP contribution in [-0.2, 0) is 0 Å². The summed E-state index contributed by atoms with van der Waals surface area (Å²) in [4.78, 5) is 14.2. The lowest BCUT2D eigenvalue weighted by atomic mass is 9.95. The zero-order chi connectivity index (χ0) is 13.3. The van der Waals surface area contributed by atoms with Crippen LogP contribution in [-0.4, -0.2) is 23.9 Å². The van der Waals surface area contributed by atoms with E-state index in [1.54, 1.807) is 19.1 Å². The van der Waals surface area contributed by atoms with Crippen molar-refractivity contribution in [3.8, 4) is 0 Å². The molecule has 18 heavy (non-hydrogen) atoms. The lowest BCUT2D eigenvalue weighted by Crippen LogP contribution is -2.29. The van der Waals surface area contributed by atoms with Crippen molar-refractivity contribution in [2.75, 3.05) is 13.1 Å². The van der Waals surface area contributed by atoms with Gasteiger partial charge < -0.3 is 4.90 Å². The zero-order valence-corrected chi connectivity index (χ0v) is 11.2. The van der Waals surface area contributed by atoms with Crippen LogP contribution in [0, 0.1) is 24.6 Å². The molecule has 1 aromatic carbocycles. The molecule has 0 aromatic heterocycles. The number of likely N-dealkylation sites (tertiary alicyclic amines) is 1. The normalized spacial score (nSPS) is 19.6. The fourth-order valence-electron chi connectivity index (χ4n) is 2.48. The number of aryl methyl sites for hydroxylation is 1. The molecule has 1 amide bonds. The maximum atomic E-state index is 13.2. The zero-order valence-electron chi connectivity index (χ0n) is 11.2. The molecule has 1 unspecified atom stereocenters. The molecule has 2 nitrogen and oxygen atoms in total. The number of amides is 1. The molecule has 1 fully saturated rings. The lowest BCUT2D eigenvalue weighted by Gasteiger charge is -2.18. The molecule has 1 aromatic rings. The van der Waals surface area contributed by atoms with Gasteiger partial charge in [0.15, 0.2) is 0 Å². The topological polar surface area (TPSA) is 20.3 Å². The van der Waals surface area contributed by atoms with E-state index < -0.39 is 0 Å². The molecule has 0 radical (unpaired) electrons. The van der Waals surface area contributed by atoms with Gasteiger partial charge >= 0.3 is 0 Å². The molecule has 3 heteroatoms. The van der Waals surface area contributed by atoms with Gasteiger partial charge in [0.1, 0.15) is 5.82 Å². The summed E-state index contributed by atoms with van der Waals surface area (Å²) in [5.74, 6) is 0.975. The van der Waals surface area contributed by atoms with Crippen LogP contribution in [0.25, 0.3) is 0 Å². The van der Waals surface area contributed by atoms with Crippen LogP contribution in [0.5, 0.6) is 0 Å². The highest BCUT2D eigenvalue weighted by molar-refractivity contribution is 5.94. The molecular formula is C15H20FNO. The van der Waals surface area contributed by atoms with E-state index in [-0.39, 0.29) is 11.7 Å². The van der Waals surface area contributed by atoms with Crippen LogP contribution >= 0.6 is 0 Å². The summed E-state index contributed by atoms with van der Waals surface area (Å²) in [7, 11) is 0. The lowest BCUT2D eigenvalue weighted by molar-refractivity contribution is 0.0784. The number of hydrogen-bond donors (Lipinski definition) is 0. The Kier molecular flexibility index (Phi) is 3.69. The maximum absolute atomic E-state index is 13.2. The molecule has 0 aliphatic carbocycles. The number of rotatable bonds is 2. The Morgan fingerprint density at radius 1 is 1.44 bits per heavy atom. The van der Waals surface area contributed by atoms with E-state index in [4.69, 9.17) is 0 Å². The third-order valence-corrected chi connectivity index (χ3v) is 3.86. The van der Waals surface area contributed by atoms with Crippen molar-refractivity contribution in [1.29, 1.82) is 0 Å². The molecule has 1 atom stereocenters. The average Bonchev–Trinajstić information content (AvgIpc) is 2.81. The minimum Gasteiger partial charge on any atom is -0.338 e. The Morgan fingerprint density at radius 2 is 2.17 bits per heavy atom. The van der Waals surface area contributed by atoms with Crippen LogP contribution in [0.15, 0.2) is 18.2 Å². The number of nitrogens with zero attached hydrogens (tertiary/aromatic N) is 1. The van der Waals surface area contributed by atoms with Gasteiger partial charge in [0.25, 0.3) is 5.91 Å². The third-order valence-electron chi connectivity index (χ3n) is 3.86.